The van der Waals surface area contributed by atoms with Gasteiger partial charge in [-0.1, -0.05) is 23.5 Å². The number of carbonyl (C=O) groups excluding carboxylic acids is 1. The van der Waals surface area contributed by atoms with Gasteiger partial charge in [0.05, 0.1) is 22.0 Å². The first-order chi connectivity index (χ1) is 7.86. The predicted octanol–water partition coefficient (Wildman–Crippen LogP) is 2.29. The summed E-state index contributed by atoms with van der Waals surface area (Å²) >= 11 is 1.55. The largest absolute Gasteiger partial charge is 0.298 e. The van der Waals surface area contributed by atoms with E-state index in [-0.39, 0.29) is 0 Å². The normalized spacial score (nSPS) is 10.8. The molecule has 3 rings (SSSR count). The molecule has 1 aromatic carbocycles. The fourth-order valence-electron chi connectivity index (χ4n) is 1.46. The number of aromatic nitrogens is 3. The van der Waals surface area contributed by atoms with Crippen LogP contribution in [0.25, 0.3) is 15.3 Å². The van der Waals surface area contributed by atoms with Crippen LogP contribution in [0.2, 0.25) is 0 Å². The molecule has 0 radical (unpaired) electrons. The second kappa shape index (κ2) is 3.53. The molecule has 0 N–H and O–H groups in total. The minimum absolute atomic E-state index is 0.555. The van der Waals surface area contributed by atoms with Crippen LogP contribution in [-0.2, 0) is 0 Å². The Morgan fingerprint density at radius 1 is 1.31 bits per heavy atom. The maximum atomic E-state index is 10.6. The number of thiazole rings is 1. The summed E-state index contributed by atoms with van der Waals surface area (Å²) in [5.41, 5.74) is 1.50. The maximum absolute atomic E-state index is 10.6. The molecule has 0 aliphatic heterocycles. The average molecular weight is 229 g/mol. The highest BCUT2D eigenvalue weighted by Gasteiger charge is 2.06. The minimum atomic E-state index is 0.555. The second-order valence-corrected chi connectivity index (χ2v) is 4.31. The van der Waals surface area contributed by atoms with Crippen molar-refractivity contribution in [3.63, 3.8) is 0 Å². The van der Waals surface area contributed by atoms with Gasteiger partial charge in [-0.15, -0.1) is 0 Å². The van der Waals surface area contributed by atoms with Crippen LogP contribution in [0.15, 0.2) is 36.7 Å². The zero-order valence-electron chi connectivity index (χ0n) is 8.20. The Labute approximate surface area is 95.2 Å². The van der Waals surface area contributed by atoms with E-state index in [1.165, 1.54) is 6.20 Å². The van der Waals surface area contributed by atoms with Gasteiger partial charge in [0.1, 0.15) is 0 Å². The number of carbonyl (C=O) groups is 1. The van der Waals surface area contributed by atoms with E-state index in [2.05, 4.69) is 10.1 Å². The van der Waals surface area contributed by atoms with Crippen LogP contribution in [0.3, 0.4) is 0 Å². The number of rotatable bonds is 2. The van der Waals surface area contributed by atoms with E-state index in [0.29, 0.717) is 5.56 Å². The molecule has 2 heterocycles. The Morgan fingerprint density at radius 3 is 2.94 bits per heavy atom. The lowest BCUT2D eigenvalue weighted by atomic mass is 10.3. The average Bonchev–Trinajstić information content (AvgIpc) is 2.95. The molecular weight excluding hydrogens is 222 g/mol. The molecule has 0 saturated heterocycles. The monoisotopic (exact) mass is 229 g/mol. The molecule has 0 aliphatic rings. The number of benzene rings is 1. The first-order valence-corrected chi connectivity index (χ1v) is 5.54. The Balaban J connectivity index is 2.14. The van der Waals surface area contributed by atoms with E-state index < -0.39 is 0 Å². The van der Waals surface area contributed by atoms with Gasteiger partial charge in [-0.3, -0.25) is 4.79 Å². The summed E-state index contributed by atoms with van der Waals surface area (Å²) in [5, 5.41) is 4.86. The Kier molecular flexibility index (Phi) is 2.04. The van der Waals surface area contributed by atoms with Crippen LogP contribution in [0, 0.1) is 0 Å². The fraction of sp³-hybridized carbons (Fsp3) is 0. The number of aldehydes is 1. The highest BCUT2D eigenvalue weighted by atomic mass is 32.1. The zero-order chi connectivity index (χ0) is 11.0. The van der Waals surface area contributed by atoms with Crippen molar-refractivity contribution in [1.29, 1.82) is 0 Å². The van der Waals surface area contributed by atoms with Crippen LogP contribution >= 0.6 is 11.3 Å². The lowest BCUT2D eigenvalue weighted by Crippen LogP contribution is -1.91. The molecule has 16 heavy (non-hydrogen) atoms. The van der Waals surface area contributed by atoms with Crippen molar-refractivity contribution in [2.75, 3.05) is 0 Å². The molecule has 4 nitrogen and oxygen atoms in total. The second-order valence-electron chi connectivity index (χ2n) is 3.30. The van der Waals surface area contributed by atoms with E-state index in [0.717, 1.165) is 21.6 Å². The molecule has 0 amide bonds. The predicted molar refractivity (Wildman–Crippen MR) is 62.1 cm³/mol. The molecule has 0 saturated carbocycles. The molecule has 0 bridgehead atoms. The summed E-state index contributed by atoms with van der Waals surface area (Å²) in [7, 11) is 0. The first kappa shape index (κ1) is 9.23. The highest BCUT2D eigenvalue weighted by molar-refractivity contribution is 7.20. The smallest absolute Gasteiger partial charge is 0.211 e. The molecule has 0 aliphatic carbocycles. The van der Waals surface area contributed by atoms with Crippen molar-refractivity contribution in [3.8, 4) is 5.13 Å². The first-order valence-electron chi connectivity index (χ1n) is 4.72. The van der Waals surface area contributed by atoms with E-state index >= 15 is 0 Å². The minimum Gasteiger partial charge on any atom is -0.298 e. The van der Waals surface area contributed by atoms with Crippen molar-refractivity contribution in [2.45, 2.75) is 0 Å². The Morgan fingerprint density at radius 2 is 2.19 bits per heavy atom. The zero-order valence-corrected chi connectivity index (χ0v) is 9.02. The van der Waals surface area contributed by atoms with Crippen LogP contribution in [0.4, 0.5) is 0 Å². The molecule has 0 atom stereocenters. The van der Waals surface area contributed by atoms with Gasteiger partial charge >= 0.3 is 0 Å². The van der Waals surface area contributed by atoms with E-state index in [1.54, 1.807) is 22.2 Å². The lowest BCUT2D eigenvalue weighted by molar-refractivity contribution is 0.112. The molecule has 2 aromatic heterocycles. The Hall–Kier alpha value is -2.01. The number of hydrogen-bond acceptors (Lipinski definition) is 4. The van der Waals surface area contributed by atoms with Crippen molar-refractivity contribution in [1.82, 2.24) is 14.8 Å². The summed E-state index contributed by atoms with van der Waals surface area (Å²) in [6.45, 7) is 0. The number of hydrogen-bond donors (Lipinski definition) is 0. The molecule has 78 valence electrons. The summed E-state index contributed by atoms with van der Waals surface area (Å²) in [5.74, 6) is 0. The molecule has 0 unspecified atom stereocenters. The van der Waals surface area contributed by atoms with Gasteiger partial charge in [0.25, 0.3) is 0 Å². The van der Waals surface area contributed by atoms with Gasteiger partial charge in [-0.2, -0.15) is 5.10 Å². The Bertz CT molecular complexity index is 623. The molecule has 3 aromatic rings. The number of para-hydroxylation sites is 1. The van der Waals surface area contributed by atoms with E-state index in [1.807, 2.05) is 24.3 Å². The van der Waals surface area contributed by atoms with Gasteiger partial charge in [-0.05, 0) is 12.1 Å². The van der Waals surface area contributed by atoms with Crippen molar-refractivity contribution in [2.24, 2.45) is 0 Å². The summed E-state index contributed by atoms with van der Waals surface area (Å²) < 4.78 is 2.73. The number of nitrogens with zero attached hydrogens (tertiary/aromatic N) is 3. The van der Waals surface area contributed by atoms with E-state index in [4.69, 9.17) is 0 Å². The van der Waals surface area contributed by atoms with Crippen molar-refractivity contribution in [3.05, 3.63) is 42.2 Å². The third-order valence-electron chi connectivity index (χ3n) is 2.22. The van der Waals surface area contributed by atoms with Crippen LogP contribution < -0.4 is 0 Å². The van der Waals surface area contributed by atoms with Gasteiger partial charge in [0, 0.05) is 6.20 Å². The summed E-state index contributed by atoms with van der Waals surface area (Å²) in [6, 6.07) is 7.90. The topological polar surface area (TPSA) is 47.8 Å². The summed E-state index contributed by atoms with van der Waals surface area (Å²) in [4.78, 5) is 15.0. The molecule has 5 heteroatoms. The quantitative estimate of drug-likeness (QED) is 0.633. The van der Waals surface area contributed by atoms with Crippen LogP contribution in [0.1, 0.15) is 10.4 Å². The molecule has 0 spiro atoms. The van der Waals surface area contributed by atoms with Gasteiger partial charge < -0.3 is 0 Å². The molecule has 0 fully saturated rings. The van der Waals surface area contributed by atoms with Crippen molar-refractivity contribution < 1.29 is 4.79 Å². The maximum Gasteiger partial charge on any atom is 0.211 e. The third kappa shape index (κ3) is 1.42. The van der Waals surface area contributed by atoms with E-state index in [9.17, 15) is 4.79 Å². The van der Waals surface area contributed by atoms with Gasteiger partial charge in [0.2, 0.25) is 5.13 Å². The molecular formula is C11H7N3OS. The highest BCUT2D eigenvalue weighted by Crippen LogP contribution is 2.23. The van der Waals surface area contributed by atoms with Gasteiger partial charge in [0.15, 0.2) is 6.29 Å². The SMILES string of the molecule is O=Cc1cnn(-c2nc3ccccc3s2)c1. The van der Waals surface area contributed by atoms with Gasteiger partial charge in [-0.25, -0.2) is 9.67 Å². The lowest BCUT2D eigenvalue weighted by Gasteiger charge is -1.90. The van der Waals surface area contributed by atoms with Crippen LogP contribution in [-0.4, -0.2) is 21.1 Å². The standard InChI is InChI=1S/C11H7N3OS/c15-7-8-5-12-14(6-8)11-13-9-3-1-2-4-10(9)16-11/h1-7H. The number of fused-ring (bicyclic) bond motifs is 1. The summed E-state index contributed by atoms with van der Waals surface area (Å²) in [6.07, 6.45) is 3.97. The van der Waals surface area contributed by atoms with Crippen molar-refractivity contribution >= 4 is 27.8 Å². The van der Waals surface area contributed by atoms with Crippen LogP contribution in [0.5, 0.6) is 0 Å². The fourth-order valence-corrected chi connectivity index (χ4v) is 2.36. The third-order valence-corrected chi connectivity index (χ3v) is 3.24.